The first-order valence-corrected chi connectivity index (χ1v) is 4.32. The lowest BCUT2D eigenvalue weighted by molar-refractivity contribution is 0.211. The Labute approximate surface area is 68.4 Å². The molecule has 0 aromatic rings. The number of nitrogens with zero attached hydrogens (tertiary/aromatic N) is 1. The van der Waals surface area contributed by atoms with Gasteiger partial charge in [-0.2, -0.15) is 0 Å². The van der Waals surface area contributed by atoms with Gasteiger partial charge in [-0.05, 0) is 13.6 Å². The van der Waals surface area contributed by atoms with E-state index in [2.05, 4.69) is 17.1 Å². The van der Waals surface area contributed by atoms with E-state index in [4.69, 9.17) is 5.11 Å². The Hall–Kier alpha value is -0.120. The van der Waals surface area contributed by atoms with Gasteiger partial charge < -0.3 is 15.3 Å². The van der Waals surface area contributed by atoms with Crippen LogP contribution in [0.1, 0.15) is 6.92 Å². The highest BCUT2D eigenvalue weighted by Gasteiger charge is 2.29. The summed E-state index contributed by atoms with van der Waals surface area (Å²) in [5.41, 5.74) is 0. The molecule has 2 unspecified atom stereocenters. The lowest BCUT2D eigenvalue weighted by atomic mass is 10.1. The molecule has 2 N–H and O–H groups in total. The molecular weight excluding hydrogens is 140 g/mol. The molecular formula is C8H18N2O. The summed E-state index contributed by atoms with van der Waals surface area (Å²) in [5.74, 6) is 0.431. The fourth-order valence-corrected chi connectivity index (χ4v) is 1.73. The van der Waals surface area contributed by atoms with Gasteiger partial charge in [0, 0.05) is 31.7 Å². The molecule has 11 heavy (non-hydrogen) atoms. The van der Waals surface area contributed by atoms with Crippen LogP contribution in [-0.4, -0.2) is 49.3 Å². The third kappa shape index (κ3) is 1.92. The van der Waals surface area contributed by atoms with Crippen molar-refractivity contribution >= 4 is 0 Å². The SMILES string of the molecule is CCN1CC(CO)C(NC)C1. The van der Waals surface area contributed by atoms with Gasteiger partial charge >= 0.3 is 0 Å². The Morgan fingerprint density at radius 3 is 2.64 bits per heavy atom. The Morgan fingerprint density at radius 1 is 1.55 bits per heavy atom. The van der Waals surface area contributed by atoms with Gasteiger partial charge in [-0.15, -0.1) is 0 Å². The molecule has 1 fully saturated rings. The van der Waals surface area contributed by atoms with E-state index in [0.29, 0.717) is 18.6 Å². The van der Waals surface area contributed by atoms with Crippen LogP contribution in [0.5, 0.6) is 0 Å². The standard InChI is InChI=1S/C8H18N2O/c1-3-10-4-7(6-11)8(5-10)9-2/h7-9,11H,3-6H2,1-2H3. The van der Waals surface area contributed by atoms with Crippen molar-refractivity contribution in [3.63, 3.8) is 0 Å². The highest BCUT2D eigenvalue weighted by Crippen LogP contribution is 2.15. The van der Waals surface area contributed by atoms with Crippen LogP contribution in [0.4, 0.5) is 0 Å². The maximum Gasteiger partial charge on any atom is 0.0486 e. The van der Waals surface area contributed by atoms with Gasteiger partial charge in [0.25, 0.3) is 0 Å². The van der Waals surface area contributed by atoms with E-state index in [0.717, 1.165) is 19.6 Å². The molecule has 1 heterocycles. The second kappa shape index (κ2) is 4.04. The Morgan fingerprint density at radius 2 is 2.27 bits per heavy atom. The Balaban J connectivity index is 2.41. The zero-order valence-electron chi connectivity index (χ0n) is 7.38. The predicted octanol–water partition coefficient (Wildman–Crippen LogP) is -0.482. The molecule has 0 bridgehead atoms. The fourth-order valence-electron chi connectivity index (χ4n) is 1.73. The molecule has 2 atom stereocenters. The monoisotopic (exact) mass is 158 g/mol. The van der Waals surface area contributed by atoms with Crippen molar-refractivity contribution in [2.75, 3.05) is 33.3 Å². The number of aliphatic hydroxyl groups excluding tert-OH is 1. The molecule has 66 valence electrons. The summed E-state index contributed by atoms with van der Waals surface area (Å²) in [6, 6.07) is 0.486. The van der Waals surface area contributed by atoms with Crippen molar-refractivity contribution in [1.29, 1.82) is 0 Å². The van der Waals surface area contributed by atoms with Crippen molar-refractivity contribution in [2.24, 2.45) is 5.92 Å². The molecule has 0 radical (unpaired) electrons. The number of rotatable bonds is 3. The molecule has 0 aromatic heterocycles. The third-order valence-electron chi connectivity index (χ3n) is 2.57. The normalized spacial score (nSPS) is 33.0. The van der Waals surface area contributed by atoms with Crippen molar-refractivity contribution in [2.45, 2.75) is 13.0 Å². The van der Waals surface area contributed by atoms with Gasteiger partial charge in [-0.25, -0.2) is 0 Å². The number of hydrogen-bond acceptors (Lipinski definition) is 3. The molecule has 0 aliphatic carbocycles. The molecule has 3 heteroatoms. The summed E-state index contributed by atoms with van der Waals surface area (Å²) in [6.45, 7) is 5.68. The molecule has 1 saturated heterocycles. The van der Waals surface area contributed by atoms with E-state index in [1.807, 2.05) is 7.05 Å². The molecule has 3 nitrogen and oxygen atoms in total. The fraction of sp³-hybridized carbons (Fsp3) is 1.00. The minimum absolute atomic E-state index is 0.308. The average molecular weight is 158 g/mol. The quantitative estimate of drug-likeness (QED) is 0.582. The van der Waals surface area contributed by atoms with E-state index >= 15 is 0 Å². The first kappa shape index (κ1) is 8.97. The number of likely N-dealkylation sites (tertiary alicyclic amines) is 1. The Bertz CT molecular complexity index is 107. The summed E-state index contributed by atoms with van der Waals surface area (Å²) in [5, 5.41) is 12.2. The van der Waals surface area contributed by atoms with Gasteiger partial charge in [-0.1, -0.05) is 6.92 Å². The molecule has 0 saturated carbocycles. The lowest BCUT2D eigenvalue weighted by Crippen LogP contribution is -2.34. The van der Waals surface area contributed by atoms with Gasteiger partial charge in [0.15, 0.2) is 0 Å². The van der Waals surface area contributed by atoms with E-state index in [1.54, 1.807) is 0 Å². The van der Waals surface area contributed by atoms with E-state index < -0.39 is 0 Å². The zero-order valence-corrected chi connectivity index (χ0v) is 7.38. The van der Waals surface area contributed by atoms with Gasteiger partial charge in [0.1, 0.15) is 0 Å². The van der Waals surface area contributed by atoms with Gasteiger partial charge in [0.05, 0.1) is 0 Å². The van der Waals surface area contributed by atoms with Crippen molar-refractivity contribution in [3.8, 4) is 0 Å². The van der Waals surface area contributed by atoms with Crippen molar-refractivity contribution in [3.05, 3.63) is 0 Å². The summed E-state index contributed by atoms with van der Waals surface area (Å²) in [6.07, 6.45) is 0. The first-order valence-electron chi connectivity index (χ1n) is 4.32. The minimum atomic E-state index is 0.308. The highest BCUT2D eigenvalue weighted by molar-refractivity contribution is 4.87. The smallest absolute Gasteiger partial charge is 0.0486 e. The Kier molecular flexibility index (Phi) is 3.30. The lowest BCUT2D eigenvalue weighted by Gasteiger charge is -2.13. The topological polar surface area (TPSA) is 35.5 Å². The van der Waals surface area contributed by atoms with Crippen LogP contribution in [0.2, 0.25) is 0 Å². The van der Waals surface area contributed by atoms with Crippen LogP contribution in [0.3, 0.4) is 0 Å². The van der Waals surface area contributed by atoms with E-state index in [9.17, 15) is 0 Å². The van der Waals surface area contributed by atoms with Crippen LogP contribution in [0.15, 0.2) is 0 Å². The molecule has 1 aliphatic rings. The third-order valence-corrected chi connectivity index (χ3v) is 2.57. The summed E-state index contributed by atoms with van der Waals surface area (Å²) in [4.78, 5) is 2.36. The minimum Gasteiger partial charge on any atom is -0.396 e. The second-order valence-corrected chi connectivity index (χ2v) is 3.19. The largest absolute Gasteiger partial charge is 0.396 e. The summed E-state index contributed by atoms with van der Waals surface area (Å²) in [7, 11) is 1.96. The zero-order chi connectivity index (χ0) is 8.27. The van der Waals surface area contributed by atoms with Crippen molar-refractivity contribution in [1.82, 2.24) is 10.2 Å². The number of aliphatic hydroxyl groups is 1. The molecule has 0 spiro atoms. The molecule has 0 aromatic carbocycles. The molecule has 1 aliphatic heterocycles. The number of likely N-dealkylation sites (N-methyl/N-ethyl adjacent to an activating group) is 2. The van der Waals surface area contributed by atoms with Gasteiger partial charge in [0.2, 0.25) is 0 Å². The van der Waals surface area contributed by atoms with Crippen LogP contribution in [0.25, 0.3) is 0 Å². The van der Waals surface area contributed by atoms with Crippen LogP contribution < -0.4 is 5.32 Å². The number of hydrogen-bond donors (Lipinski definition) is 2. The second-order valence-electron chi connectivity index (χ2n) is 3.19. The van der Waals surface area contributed by atoms with E-state index in [-0.39, 0.29) is 0 Å². The van der Waals surface area contributed by atoms with Crippen LogP contribution in [0, 0.1) is 5.92 Å². The van der Waals surface area contributed by atoms with Crippen molar-refractivity contribution < 1.29 is 5.11 Å². The summed E-state index contributed by atoms with van der Waals surface area (Å²) >= 11 is 0. The van der Waals surface area contributed by atoms with Crippen LogP contribution in [-0.2, 0) is 0 Å². The highest BCUT2D eigenvalue weighted by atomic mass is 16.3. The molecule has 0 amide bonds. The first-order chi connectivity index (χ1) is 5.31. The number of nitrogens with one attached hydrogen (secondary N) is 1. The summed E-state index contributed by atoms with van der Waals surface area (Å²) < 4.78 is 0. The van der Waals surface area contributed by atoms with Crippen LogP contribution >= 0.6 is 0 Å². The predicted molar refractivity (Wildman–Crippen MR) is 45.5 cm³/mol. The maximum atomic E-state index is 9.01. The van der Waals surface area contributed by atoms with Gasteiger partial charge in [-0.3, -0.25) is 0 Å². The van der Waals surface area contributed by atoms with E-state index in [1.165, 1.54) is 0 Å². The average Bonchev–Trinajstić information content (AvgIpc) is 2.46. The molecule has 1 rings (SSSR count). The maximum absolute atomic E-state index is 9.01.